The molecule has 0 unspecified atom stereocenters. The summed E-state index contributed by atoms with van der Waals surface area (Å²) in [7, 11) is 0. The number of rotatable bonds is 3. The number of quaternary nitrogens is 1. The van der Waals surface area contributed by atoms with Crippen LogP contribution in [-0.4, -0.2) is 37.7 Å². The maximum atomic E-state index is 13.0. The van der Waals surface area contributed by atoms with E-state index in [1.807, 2.05) is 13.8 Å². The normalized spacial score (nSPS) is 26.3. The Morgan fingerprint density at radius 2 is 1.95 bits per heavy atom. The van der Waals surface area contributed by atoms with Gasteiger partial charge in [0, 0.05) is 11.8 Å². The van der Waals surface area contributed by atoms with Crippen molar-refractivity contribution in [1.82, 2.24) is 0 Å². The molecule has 1 amide bonds. The van der Waals surface area contributed by atoms with Crippen molar-refractivity contribution in [2.75, 3.05) is 25.0 Å². The number of morpholine rings is 1. The molecule has 2 rings (SSSR count). The topological polar surface area (TPSA) is 42.8 Å². The zero-order chi connectivity index (χ0) is 14.7. The van der Waals surface area contributed by atoms with Crippen LogP contribution in [0.4, 0.5) is 14.5 Å². The molecule has 1 aromatic carbocycles. The molecule has 1 heterocycles. The van der Waals surface area contributed by atoms with E-state index in [0.717, 1.165) is 30.1 Å². The third-order valence-corrected chi connectivity index (χ3v) is 3.23. The van der Waals surface area contributed by atoms with E-state index >= 15 is 0 Å². The number of hydrogen-bond donors (Lipinski definition) is 2. The van der Waals surface area contributed by atoms with E-state index in [2.05, 4.69) is 5.32 Å². The van der Waals surface area contributed by atoms with Crippen LogP contribution < -0.4 is 10.2 Å². The molecule has 0 bridgehead atoms. The molecule has 1 aromatic rings. The lowest BCUT2D eigenvalue weighted by atomic mass is 10.2. The van der Waals surface area contributed by atoms with Gasteiger partial charge >= 0.3 is 0 Å². The van der Waals surface area contributed by atoms with Gasteiger partial charge in [0.1, 0.15) is 25.3 Å². The summed E-state index contributed by atoms with van der Waals surface area (Å²) in [6.07, 6.45) is 0.231. The molecule has 1 aliphatic rings. The minimum Gasteiger partial charge on any atom is -0.364 e. The van der Waals surface area contributed by atoms with Crippen LogP contribution in [0.3, 0.4) is 0 Å². The molecule has 20 heavy (non-hydrogen) atoms. The molecule has 1 saturated heterocycles. The summed E-state index contributed by atoms with van der Waals surface area (Å²) in [5.74, 6) is -2.11. The van der Waals surface area contributed by atoms with Gasteiger partial charge in [-0.25, -0.2) is 8.78 Å². The summed E-state index contributed by atoms with van der Waals surface area (Å²) in [6.45, 7) is 5.76. The average Bonchev–Trinajstić information content (AvgIpc) is 2.32. The summed E-state index contributed by atoms with van der Waals surface area (Å²) in [4.78, 5) is 13.0. The van der Waals surface area contributed by atoms with E-state index in [1.54, 1.807) is 0 Å². The first-order valence-corrected chi connectivity index (χ1v) is 6.68. The number of benzene rings is 1. The second-order valence-corrected chi connectivity index (χ2v) is 5.27. The zero-order valence-corrected chi connectivity index (χ0v) is 11.6. The number of anilines is 1. The van der Waals surface area contributed by atoms with Gasteiger partial charge in [-0.3, -0.25) is 4.79 Å². The van der Waals surface area contributed by atoms with Crippen LogP contribution in [0.25, 0.3) is 0 Å². The lowest BCUT2D eigenvalue weighted by molar-refractivity contribution is -0.907. The third kappa shape index (κ3) is 3.98. The fourth-order valence-corrected chi connectivity index (χ4v) is 2.54. The molecule has 0 radical (unpaired) electrons. The standard InChI is InChI=1S/C14H18F2N2O2/c1-9-6-18(7-10(2)20-9)8-14(19)17-11-3-4-12(15)13(16)5-11/h3-5,9-10H,6-8H2,1-2H3,(H,17,19)/p+1/t9-,10-/m0/s1. The summed E-state index contributed by atoms with van der Waals surface area (Å²) in [5, 5.41) is 2.58. The van der Waals surface area contributed by atoms with Crippen LogP contribution in [0, 0.1) is 11.6 Å². The number of nitrogens with one attached hydrogen (secondary N) is 2. The van der Waals surface area contributed by atoms with Crippen LogP contribution >= 0.6 is 0 Å². The fourth-order valence-electron chi connectivity index (χ4n) is 2.54. The molecule has 0 aromatic heterocycles. The first-order valence-electron chi connectivity index (χ1n) is 6.68. The van der Waals surface area contributed by atoms with Gasteiger partial charge in [-0.2, -0.15) is 0 Å². The van der Waals surface area contributed by atoms with Gasteiger partial charge in [0.15, 0.2) is 18.2 Å². The lowest BCUT2D eigenvalue weighted by Crippen LogP contribution is -3.16. The minimum atomic E-state index is -0.969. The van der Waals surface area contributed by atoms with Crippen molar-refractivity contribution in [3.63, 3.8) is 0 Å². The van der Waals surface area contributed by atoms with Crippen molar-refractivity contribution < 1.29 is 23.2 Å². The SMILES string of the molecule is C[C@H]1C[NH+](CC(=O)Nc2ccc(F)c(F)c2)C[C@H](C)O1. The molecule has 2 N–H and O–H groups in total. The maximum absolute atomic E-state index is 13.0. The molecule has 4 nitrogen and oxygen atoms in total. The molecule has 1 fully saturated rings. The Bertz CT molecular complexity index is 486. The zero-order valence-electron chi connectivity index (χ0n) is 11.6. The molecular formula is C14H19F2N2O2+. The molecule has 110 valence electrons. The van der Waals surface area contributed by atoms with Gasteiger partial charge in [0.05, 0.1) is 0 Å². The van der Waals surface area contributed by atoms with E-state index < -0.39 is 11.6 Å². The Hall–Kier alpha value is -1.53. The predicted molar refractivity (Wildman–Crippen MR) is 70.6 cm³/mol. The molecule has 6 heteroatoms. The third-order valence-electron chi connectivity index (χ3n) is 3.23. The van der Waals surface area contributed by atoms with E-state index in [4.69, 9.17) is 4.74 Å². The van der Waals surface area contributed by atoms with Gasteiger partial charge < -0.3 is 15.0 Å². The Labute approximate surface area is 116 Å². The second kappa shape index (κ2) is 6.28. The summed E-state index contributed by atoms with van der Waals surface area (Å²) >= 11 is 0. The fraction of sp³-hybridized carbons (Fsp3) is 0.500. The van der Waals surface area contributed by atoms with Crippen molar-refractivity contribution in [3.8, 4) is 0 Å². The Morgan fingerprint density at radius 3 is 2.55 bits per heavy atom. The number of halogens is 2. The summed E-state index contributed by atoms with van der Waals surface area (Å²) < 4.78 is 31.4. The largest absolute Gasteiger partial charge is 0.364 e. The molecular weight excluding hydrogens is 266 g/mol. The second-order valence-electron chi connectivity index (χ2n) is 5.27. The van der Waals surface area contributed by atoms with Crippen LogP contribution in [0.1, 0.15) is 13.8 Å². The van der Waals surface area contributed by atoms with Crippen LogP contribution in [0.2, 0.25) is 0 Å². The summed E-state index contributed by atoms with van der Waals surface area (Å²) in [5.41, 5.74) is 0.266. The predicted octanol–water partition coefficient (Wildman–Crippen LogP) is 0.595. The number of hydrogen-bond acceptors (Lipinski definition) is 2. The quantitative estimate of drug-likeness (QED) is 0.854. The highest BCUT2D eigenvalue weighted by Crippen LogP contribution is 2.12. The van der Waals surface area contributed by atoms with Crippen molar-refractivity contribution in [1.29, 1.82) is 0 Å². The Kier molecular flexibility index (Phi) is 4.67. The monoisotopic (exact) mass is 285 g/mol. The van der Waals surface area contributed by atoms with E-state index in [-0.39, 0.29) is 30.3 Å². The highest BCUT2D eigenvalue weighted by atomic mass is 19.2. The Balaban J connectivity index is 1.90. The highest BCUT2D eigenvalue weighted by molar-refractivity contribution is 5.91. The molecule has 0 aliphatic carbocycles. The van der Waals surface area contributed by atoms with Crippen molar-refractivity contribution in [2.45, 2.75) is 26.1 Å². The number of carbonyl (C=O) groups is 1. The first-order chi connectivity index (χ1) is 9.44. The number of amides is 1. The van der Waals surface area contributed by atoms with E-state index in [9.17, 15) is 13.6 Å². The van der Waals surface area contributed by atoms with Gasteiger partial charge in [-0.05, 0) is 26.0 Å². The van der Waals surface area contributed by atoms with Gasteiger partial charge in [-0.1, -0.05) is 0 Å². The van der Waals surface area contributed by atoms with Crippen molar-refractivity contribution in [2.24, 2.45) is 0 Å². The highest BCUT2D eigenvalue weighted by Gasteiger charge is 2.27. The lowest BCUT2D eigenvalue weighted by Gasteiger charge is -2.31. The molecule has 2 atom stereocenters. The van der Waals surface area contributed by atoms with Crippen LogP contribution in [-0.2, 0) is 9.53 Å². The van der Waals surface area contributed by atoms with Gasteiger partial charge in [-0.15, -0.1) is 0 Å². The number of ether oxygens (including phenoxy) is 1. The first kappa shape index (κ1) is 14.9. The molecule has 1 aliphatic heterocycles. The maximum Gasteiger partial charge on any atom is 0.279 e. The van der Waals surface area contributed by atoms with Crippen LogP contribution in [0.5, 0.6) is 0 Å². The van der Waals surface area contributed by atoms with Crippen molar-refractivity contribution >= 4 is 11.6 Å². The van der Waals surface area contributed by atoms with Crippen LogP contribution in [0.15, 0.2) is 18.2 Å². The van der Waals surface area contributed by atoms with Crippen molar-refractivity contribution in [3.05, 3.63) is 29.8 Å². The molecule has 0 spiro atoms. The minimum absolute atomic E-state index is 0.116. The van der Waals surface area contributed by atoms with Gasteiger partial charge in [0.2, 0.25) is 0 Å². The smallest absolute Gasteiger partial charge is 0.279 e. The summed E-state index contributed by atoms with van der Waals surface area (Å²) in [6, 6.07) is 3.32. The van der Waals surface area contributed by atoms with E-state index in [1.165, 1.54) is 6.07 Å². The number of carbonyl (C=O) groups excluding carboxylic acids is 1. The van der Waals surface area contributed by atoms with Gasteiger partial charge in [0.25, 0.3) is 5.91 Å². The van der Waals surface area contributed by atoms with E-state index in [0.29, 0.717) is 0 Å². The average molecular weight is 285 g/mol. The molecule has 0 saturated carbocycles. The Morgan fingerprint density at radius 1 is 1.30 bits per heavy atom.